The van der Waals surface area contributed by atoms with Crippen LogP contribution in [0.2, 0.25) is 5.02 Å². The van der Waals surface area contributed by atoms with Crippen LogP contribution < -0.4 is 20.1 Å². The maximum Gasteiger partial charge on any atom is 0.262 e. The highest BCUT2D eigenvalue weighted by Gasteiger charge is 2.68. The van der Waals surface area contributed by atoms with Gasteiger partial charge in [-0.3, -0.25) is 38.7 Å². The Balaban J connectivity index is 0.907. The van der Waals surface area contributed by atoms with Gasteiger partial charge in [-0.15, -0.1) is 0 Å². The lowest BCUT2D eigenvalue weighted by atomic mass is 9.48. The molecule has 2 saturated heterocycles. The van der Waals surface area contributed by atoms with E-state index in [-0.39, 0.29) is 40.5 Å². The Hall–Kier alpha value is -5.59. The van der Waals surface area contributed by atoms with Gasteiger partial charge in [0, 0.05) is 61.9 Å². The van der Waals surface area contributed by atoms with Crippen LogP contribution in [0.4, 0.5) is 5.95 Å². The number of nitriles is 1. The molecule has 1 aromatic heterocycles. The van der Waals surface area contributed by atoms with Gasteiger partial charge in [-0.1, -0.05) is 39.3 Å². The molecule has 15 nitrogen and oxygen atoms in total. The van der Waals surface area contributed by atoms with Gasteiger partial charge in [0.25, 0.3) is 23.6 Å². The number of imide groups is 2. The summed E-state index contributed by atoms with van der Waals surface area (Å²) in [5, 5.41) is 9.52. The molecule has 58 heavy (non-hydrogen) atoms. The third kappa shape index (κ3) is 7.46. The molecule has 0 radical (unpaired) electrons. The predicted octanol–water partition coefficient (Wildman–Crippen LogP) is 4.47. The third-order valence-electron chi connectivity index (χ3n) is 11.9. The number of piperidine rings is 1. The van der Waals surface area contributed by atoms with E-state index in [9.17, 15) is 29.2 Å². The Morgan fingerprint density at radius 2 is 1.57 bits per heavy atom. The highest BCUT2D eigenvalue weighted by molar-refractivity contribution is 6.31. The molecule has 3 aromatic rings. The fraction of sp³-hybridized carbons (Fsp3) is 0.476. The second-order valence-corrected chi connectivity index (χ2v) is 16.9. The van der Waals surface area contributed by atoms with E-state index >= 15 is 0 Å². The summed E-state index contributed by atoms with van der Waals surface area (Å²) in [6.07, 6.45) is 5.24. The number of nitrogens with zero attached hydrogens (tertiary/aromatic N) is 7. The molecular formula is C42H47ClN8O7. The normalized spacial score (nSPS) is 22.7. The highest BCUT2D eigenvalue weighted by Crippen LogP contribution is 2.58. The van der Waals surface area contributed by atoms with Gasteiger partial charge in [0.1, 0.15) is 29.7 Å². The molecular weight excluding hydrogens is 764 g/mol. The van der Waals surface area contributed by atoms with Gasteiger partial charge in [0.15, 0.2) is 0 Å². The van der Waals surface area contributed by atoms with E-state index in [2.05, 4.69) is 19.8 Å². The monoisotopic (exact) mass is 810 g/mol. The largest absolute Gasteiger partial charge is 0.494 e. The molecule has 16 heteroatoms. The summed E-state index contributed by atoms with van der Waals surface area (Å²) < 4.78 is 12.4. The first-order valence-corrected chi connectivity index (χ1v) is 20.0. The van der Waals surface area contributed by atoms with Crippen LogP contribution in [0.25, 0.3) is 0 Å². The van der Waals surface area contributed by atoms with E-state index in [1.54, 1.807) is 36.4 Å². The number of carbonyl (C=O) groups excluding carboxylic acids is 5. The number of amides is 5. The van der Waals surface area contributed by atoms with Crippen molar-refractivity contribution in [2.45, 2.75) is 78.0 Å². The summed E-state index contributed by atoms with van der Waals surface area (Å²) in [6.45, 7) is 12.4. The number of nitrogens with two attached hydrogens (primary N) is 1. The van der Waals surface area contributed by atoms with Crippen LogP contribution in [-0.4, -0.2) is 112 Å². The summed E-state index contributed by atoms with van der Waals surface area (Å²) in [5.74, 6) is -1.14. The zero-order valence-electron chi connectivity index (χ0n) is 33.1. The number of hydrogen-bond acceptors (Lipinski definition) is 12. The van der Waals surface area contributed by atoms with E-state index < -0.39 is 52.6 Å². The number of anilines is 1. The molecule has 0 bridgehead atoms. The first-order valence-electron chi connectivity index (χ1n) is 19.6. The van der Waals surface area contributed by atoms with Crippen LogP contribution in [0.3, 0.4) is 0 Å². The Morgan fingerprint density at radius 1 is 0.897 bits per heavy atom. The van der Waals surface area contributed by atoms with E-state index in [1.807, 2.05) is 33.8 Å². The zero-order valence-corrected chi connectivity index (χ0v) is 33.8. The Morgan fingerprint density at radius 3 is 2.22 bits per heavy atom. The second kappa shape index (κ2) is 16.0. The lowest BCUT2D eigenvalue weighted by molar-refractivity contribution is -0.216. The quantitative estimate of drug-likeness (QED) is 0.189. The molecule has 4 heterocycles. The molecule has 2 N–H and O–H groups in total. The Labute approximate surface area is 342 Å². The lowest BCUT2D eigenvalue weighted by Crippen LogP contribution is -2.77. The van der Waals surface area contributed by atoms with Crippen molar-refractivity contribution in [3.63, 3.8) is 0 Å². The topological polar surface area (TPSA) is 192 Å². The number of halogens is 1. The average Bonchev–Trinajstić information content (AvgIpc) is 3.44. The minimum atomic E-state index is -1.13. The summed E-state index contributed by atoms with van der Waals surface area (Å²) >= 11 is 6.26. The van der Waals surface area contributed by atoms with Gasteiger partial charge in [0.2, 0.25) is 11.9 Å². The first-order chi connectivity index (χ1) is 27.6. The number of unbranched alkanes of at least 4 members (excludes halogenated alkanes) is 2. The summed E-state index contributed by atoms with van der Waals surface area (Å²) in [7, 11) is 0. The maximum absolute atomic E-state index is 14.3. The minimum Gasteiger partial charge on any atom is -0.494 e. The van der Waals surface area contributed by atoms with Crippen molar-refractivity contribution in [1.29, 1.82) is 5.26 Å². The van der Waals surface area contributed by atoms with E-state index in [0.717, 1.165) is 56.9 Å². The fourth-order valence-corrected chi connectivity index (χ4v) is 9.58. The van der Waals surface area contributed by atoms with Crippen LogP contribution in [-0.2, 0) is 9.59 Å². The predicted molar refractivity (Wildman–Crippen MR) is 212 cm³/mol. The molecule has 1 saturated carbocycles. The van der Waals surface area contributed by atoms with Crippen molar-refractivity contribution >= 4 is 47.1 Å². The van der Waals surface area contributed by atoms with E-state index in [0.29, 0.717) is 29.6 Å². The van der Waals surface area contributed by atoms with E-state index in [1.165, 1.54) is 17.3 Å². The van der Waals surface area contributed by atoms with Crippen LogP contribution in [0.15, 0.2) is 48.8 Å². The van der Waals surface area contributed by atoms with Crippen molar-refractivity contribution in [3.8, 4) is 17.6 Å². The van der Waals surface area contributed by atoms with Gasteiger partial charge < -0.3 is 20.1 Å². The molecule has 304 valence electrons. The third-order valence-corrected chi connectivity index (χ3v) is 12.2. The van der Waals surface area contributed by atoms with Crippen LogP contribution in [0.1, 0.15) is 96.4 Å². The number of hydrogen-bond donors (Lipinski definition) is 1. The number of benzene rings is 2. The van der Waals surface area contributed by atoms with Crippen LogP contribution in [0, 0.1) is 22.2 Å². The minimum absolute atomic E-state index is 0.00316. The van der Waals surface area contributed by atoms with Crippen LogP contribution >= 0.6 is 11.6 Å². The molecule has 5 amide bonds. The van der Waals surface area contributed by atoms with E-state index in [4.69, 9.17) is 26.8 Å². The number of ether oxygens (including phenoxy) is 2. The molecule has 2 aromatic carbocycles. The summed E-state index contributed by atoms with van der Waals surface area (Å²) in [6, 6.07) is 9.92. The molecule has 1 atom stereocenters. The molecule has 1 aliphatic carbocycles. The van der Waals surface area contributed by atoms with Crippen molar-refractivity contribution in [2.24, 2.45) is 16.6 Å². The maximum atomic E-state index is 14.3. The molecule has 4 aliphatic rings. The number of fused-ring (bicyclic) bond motifs is 1. The standard InChI is InChI=1S/C42H47ClN8O7/c1-41(2)38(42(3,4)39(41)58-28-9-8-25(22-44)31(43)21-28)51-33(52)13-12-32(37(51)56)50-35(54)29-11-10-27(20-30(29)36(50)55)57-19-7-5-6-14-48-15-17-49(18-16-48)40-46-23-26(24-47-40)34(45)53/h8-11,20-21,23-24,32,38-39H,5-7,12-19H2,1-4H3,(H2,45,53). The van der Waals surface area contributed by atoms with Crippen molar-refractivity contribution in [2.75, 3.05) is 44.2 Å². The van der Waals surface area contributed by atoms with Crippen molar-refractivity contribution in [3.05, 3.63) is 76.1 Å². The number of aromatic nitrogens is 2. The highest BCUT2D eigenvalue weighted by atomic mass is 35.5. The van der Waals surface area contributed by atoms with Gasteiger partial charge in [-0.25, -0.2) is 9.97 Å². The Kier molecular flexibility index (Phi) is 11.2. The average molecular weight is 811 g/mol. The molecule has 3 aliphatic heterocycles. The number of carbonyl (C=O) groups is 5. The molecule has 3 fully saturated rings. The summed E-state index contributed by atoms with van der Waals surface area (Å²) in [4.78, 5) is 81.9. The number of piperazine rings is 1. The van der Waals surface area contributed by atoms with Gasteiger partial charge in [-0.2, -0.15) is 5.26 Å². The fourth-order valence-electron chi connectivity index (χ4n) is 9.37. The lowest BCUT2D eigenvalue weighted by Gasteiger charge is -2.65. The smallest absolute Gasteiger partial charge is 0.262 e. The van der Waals surface area contributed by atoms with Crippen molar-refractivity contribution in [1.82, 2.24) is 24.7 Å². The zero-order chi connectivity index (χ0) is 41.5. The molecule has 1 unspecified atom stereocenters. The number of likely N-dealkylation sites (tertiary alicyclic amines) is 1. The van der Waals surface area contributed by atoms with Gasteiger partial charge in [0.05, 0.1) is 39.9 Å². The van der Waals surface area contributed by atoms with Gasteiger partial charge in [-0.05, 0) is 62.6 Å². The SMILES string of the molecule is CC1(C)C(Oc2ccc(C#N)c(Cl)c2)C(C)(C)C1N1C(=O)CCC(N2C(=O)c3ccc(OCCCCCN4CCN(c5ncc(C(N)=O)cn5)CC4)cc3C2=O)C1=O. The second-order valence-electron chi connectivity index (χ2n) is 16.5. The number of rotatable bonds is 13. The number of primary amides is 1. The van der Waals surface area contributed by atoms with Crippen molar-refractivity contribution < 1.29 is 33.4 Å². The van der Waals surface area contributed by atoms with Crippen LogP contribution in [0.5, 0.6) is 11.5 Å². The van der Waals surface area contributed by atoms with Gasteiger partial charge >= 0.3 is 0 Å². The first kappa shape index (κ1) is 40.6. The Bertz CT molecular complexity index is 2160. The molecule has 0 spiro atoms. The molecule has 7 rings (SSSR count). The summed E-state index contributed by atoms with van der Waals surface area (Å²) in [5.41, 5.74) is 4.84.